The maximum absolute atomic E-state index is 12.1. The van der Waals surface area contributed by atoms with Crippen LogP contribution in [0.3, 0.4) is 0 Å². The summed E-state index contributed by atoms with van der Waals surface area (Å²) in [7, 11) is 1.88. The Labute approximate surface area is 138 Å². The molecule has 0 saturated heterocycles. The van der Waals surface area contributed by atoms with Crippen molar-refractivity contribution in [2.24, 2.45) is 0 Å². The lowest BCUT2D eigenvalue weighted by Crippen LogP contribution is -2.25. The molecule has 0 atom stereocenters. The van der Waals surface area contributed by atoms with Crippen molar-refractivity contribution in [1.29, 1.82) is 0 Å². The van der Waals surface area contributed by atoms with Gasteiger partial charge in [-0.3, -0.25) is 4.79 Å². The van der Waals surface area contributed by atoms with Gasteiger partial charge in [-0.25, -0.2) is 0 Å². The second-order valence-electron chi connectivity index (χ2n) is 5.29. The third kappa shape index (κ3) is 5.29. The molecule has 4 heteroatoms. The summed E-state index contributed by atoms with van der Waals surface area (Å²) in [6.45, 7) is 2.78. The second kappa shape index (κ2) is 7.76. The fraction of sp³-hybridized carbons (Fsp3) is 0.353. The van der Waals surface area contributed by atoms with Gasteiger partial charge in [0.25, 0.3) is 0 Å². The summed E-state index contributed by atoms with van der Waals surface area (Å²) in [5, 5.41) is 0. The number of hydrogen-bond acceptors (Lipinski definition) is 2. The summed E-state index contributed by atoms with van der Waals surface area (Å²) in [5.41, 5.74) is 2.58. The smallest absolute Gasteiger partial charge is 0.222 e. The highest BCUT2D eigenvalue weighted by Gasteiger charge is 2.10. The molecule has 2 aromatic rings. The summed E-state index contributed by atoms with van der Waals surface area (Å²) in [6.07, 6.45) is 2.47. The number of thiophene rings is 1. The number of aryl methyl sites for hydroxylation is 2. The van der Waals surface area contributed by atoms with E-state index in [1.165, 1.54) is 16.0 Å². The Bertz CT molecular complexity index is 591. The molecule has 0 fully saturated rings. The first kappa shape index (κ1) is 16.2. The maximum Gasteiger partial charge on any atom is 0.222 e. The quantitative estimate of drug-likeness (QED) is 0.719. The molecule has 0 N–H and O–H groups in total. The highest BCUT2D eigenvalue weighted by molar-refractivity contribution is 9.11. The molecular formula is C17H20BrNOS. The molecule has 0 aliphatic rings. The monoisotopic (exact) mass is 365 g/mol. The molecule has 1 amide bonds. The number of rotatable bonds is 6. The van der Waals surface area contributed by atoms with E-state index in [0.29, 0.717) is 13.0 Å². The van der Waals surface area contributed by atoms with E-state index in [0.717, 1.165) is 16.6 Å². The average Bonchev–Trinajstić information content (AvgIpc) is 2.86. The minimum atomic E-state index is 0.214. The number of hydrogen-bond donors (Lipinski definition) is 0. The standard InChI is InChI=1S/C17H20BrNOS/c1-13-6-8-14(9-7-13)4-3-5-17(20)19(2)12-15-10-11-16(18)21-15/h6-11H,3-5,12H2,1-2H3. The number of benzene rings is 1. The normalized spacial score (nSPS) is 10.6. The third-order valence-electron chi connectivity index (χ3n) is 3.42. The van der Waals surface area contributed by atoms with Gasteiger partial charge in [0.1, 0.15) is 0 Å². The molecule has 112 valence electrons. The SMILES string of the molecule is Cc1ccc(CCCC(=O)N(C)Cc2ccc(Br)s2)cc1. The van der Waals surface area contributed by atoms with Gasteiger partial charge in [-0.1, -0.05) is 29.8 Å². The Hall–Kier alpha value is -1.13. The van der Waals surface area contributed by atoms with Gasteiger partial charge in [0, 0.05) is 18.3 Å². The van der Waals surface area contributed by atoms with Gasteiger partial charge in [-0.2, -0.15) is 0 Å². The minimum absolute atomic E-state index is 0.214. The Morgan fingerprint density at radius 2 is 1.90 bits per heavy atom. The van der Waals surface area contributed by atoms with Crippen molar-refractivity contribution in [3.8, 4) is 0 Å². The van der Waals surface area contributed by atoms with Crippen molar-refractivity contribution in [1.82, 2.24) is 4.90 Å². The van der Waals surface area contributed by atoms with E-state index in [1.54, 1.807) is 11.3 Å². The molecule has 0 saturated carbocycles. The van der Waals surface area contributed by atoms with Crippen LogP contribution in [0.5, 0.6) is 0 Å². The van der Waals surface area contributed by atoms with Crippen LogP contribution in [-0.4, -0.2) is 17.9 Å². The first-order valence-electron chi connectivity index (χ1n) is 7.08. The summed E-state index contributed by atoms with van der Waals surface area (Å²) in [4.78, 5) is 15.1. The van der Waals surface area contributed by atoms with Gasteiger partial charge in [-0.15, -0.1) is 11.3 Å². The van der Waals surface area contributed by atoms with Crippen LogP contribution in [-0.2, 0) is 17.8 Å². The molecular weight excluding hydrogens is 346 g/mol. The van der Waals surface area contributed by atoms with Crippen LogP contribution >= 0.6 is 27.3 Å². The van der Waals surface area contributed by atoms with E-state index in [-0.39, 0.29) is 5.91 Å². The molecule has 0 unspecified atom stereocenters. The van der Waals surface area contributed by atoms with E-state index in [4.69, 9.17) is 0 Å². The summed E-state index contributed by atoms with van der Waals surface area (Å²) >= 11 is 5.13. The maximum atomic E-state index is 12.1. The molecule has 2 nitrogen and oxygen atoms in total. The fourth-order valence-electron chi connectivity index (χ4n) is 2.15. The van der Waals surface area contributed by atoms with Crippen molar-refractivity contribution >= 4 is 33.2 Å². The number of carbonyl (C=O) groups excluding carboxylic acids is 1. The van der Waals surface area contributed by atoms with Crippen LogP contribution in [0.25, 0.3) is 0 Å². The Kier molecular flexibility index (Phi) is 6.00. The third-order valence-corrected chi connectivity index (χ3v) is 5.03. The van der Waals surface area contributed by atoms with Crippen LogP contribution in [0.1, 0.15) is 28.8 Å². The molecule has 0 bridgehead atoms. The number of amides is 1. The lowest BCUT2D eigenvalue weighted by Gasteiger charge is -2.16. The Morgan fingerprint density at radius 3 is 2.52 bits per heavy atom. The van der Waals surface area contributed by atoms with Gasteiger partial charge in [0.05, 0.1) is 10.3 Å². The largest absolute Gasteiger partial charge is 0.341 e. The van der Waals surface area contributed by atoms with Gasteiger partial charge < -0.3 is 4.90 Å². The first-order valence-corrected chi connectivity index (χ1v) is 8.69. The van der Waals surface area contributed by atoms with Crippen molar-refractivity contribution in [3.63, 3.8) is 0 Å². The summed E-state index contributed by atoms with van der Waals surface area (Å²) in [6, 6.07) is 12.6. The lowest BCUT2D eigenvalue weighted by atomic mass is 10.1. The molecule has 1 aromatic heterocycles. The zero-order valence-corrected chi connectivity index (χ0v) is 14.8. The van der Waals surface area contributed by atoms with Crippen LogP contribution in [0, 0.1) is 6.92 Å². The summed E-state index contributed by atoms with van der Waals surface area (Å²) < 4.78 is 1.11. The van der Waals surface area contributed by atoms with E-state index in [1.807, 2.05) is 18.0 Å². The van der Waals surface area contributed by atoms with Crippen molar-refractivity contribution in [3.05, 3.63) is 56.2 Å². The van der Waals surface area contributed by atoms with Crippen molar-refractivity contribution in [2.75, 3.05) is 7.05 Å². The minimum Gasteiger partial charge on any atom is -0.341 e. The van der Waals surface area contributed by atoms with Crippen LogP contribution in [0.15, 0.2) is 40.2 Å². The van der Waals surface area contributed by atoms with Crippen LogP contribution < -0.4 is 0 Å². The van der Waals surface area contributed by atoms with Gasteiger partial charge in [0.15, 0.2) is 0 Å². The highest BCUT2D eigenvalue weighted by atomic mass is 79.9. The van der Waals surface area contributed by atoms with E-state index in [2.05, 4.69) is 53.2 Å². The molecule has 0 spiro atoms. The molecule has 1 heterocycles. The van der Waals surface area contributed by atoms with E-state index in [9.17, 15) is 4.79 Å². The number of carbonyl (C=O) groups is 1. The Morgan fingerprint density at radius 1 is 1.19 bits per heavy atom. The average molecular weight is 366 g/mol. The predicted molar refractivity (Wildman–Crippen MR) is 92.6 cm³/mol. The van der Waals surface area contributed by atoms with Crippen molar-refractivity contribution in [2.45, 2.75) is 32.7 Å². The van der Waals surface area contributed by atoms with Crippen LogP contribution in [0.2, 0.25) is 0 Å². The molecule has 0 aliphatic heterocycles. The highest BCUT2D eigenvalue weighted by Crippen LogP contribution is 2.23. The van der Waals surface area contributed by atoms with Gasteiger partial charge in [0.2, 0.25) is 5.91 Å². The molecule has 2 rings (SSSR count). The zero-order chi connectivity index (χ0) is 15.2. The molecule has 21 heavy (non-hydrogen) atoms. The molecule has 1 aromatic carbocycles. The first-order chi connectivity index (χ1) is 10.0. The molecule has 0 radical (unpaired) electrons. The second-order valence-corrected chi connectivity index (χ2v) is 7.84. The van der Waals surface area contributed by atoms with Gasteiger partial charge >= 0.3 is 0 Å². The van der Waals surface area contributed by atoms with E-state index >= 15 is 0 Å². The Balaban J connectivity index is 1.74. The van der Waals surface area contributed by atoms with Gasteiger partial charge in [-0.05, 0) is 53.4 Å². The fourth-order valence-corrected chi connectivity index (χ4v) is 3.68. The number of halogens is 1. The molecule has 0 aliphatic carbocycles. The predicted octanol–water partition coefficient (Wildman–Crippen LogP) is 4.80. The number of nitrogens with zero attached hydrogens (tertiary/aromatic N) is 1. The summed E-state index contributed by atoms with van der Waals surface area (Å²) in [5.74, 6) is 0.214. The topological polar surface area (TPSA) is 20.3 Å². The zero-order valence-electron chi connectivity index (χ0n) is 12.4. The van der Waals surface area contributed by atoms with Crippen molar-refractivity contribution < 1.29 is 4.79 Å². The van der Waals surface area contributed by atoms with E-state index < -0.39 is 0 Å². The lowest BCUT2D eigenvalue weighted by molar-refractivity contribution is -0.130. The van der Waals surface area contributed by atoms with Crippen LogP contribution in [0.4, 0.5) is 0 Å².